The van der Waals surface area contributed by atoms with Crippen molar-refractivity contribution in [3.05, 3.63) is 58.2 Å². The maximum absolute atomic E-state index is 11.3. The molecule has 1 fully saturated rings. The molecule has 1 aromatic carbocycles. The number of hydrogen-bond acceptors (Lipinski definition) is 1. The number of benzene rings is 1. The molecule has 0 unspecified atom stereocenters. The van der Waals surface area contributed by atoms with E-state index in [9.17, 15) is 9.90 Å². The second kappa shape index (κ2) is 7.21. The van der Waals surface area contributed by atoms with Gasteiger partial charge in [0, 0.05) is 5.57 Å². The number of aliphatic carboxylic acids is 1. The summed E-state index contributed by atoms with van der Waals surface area (Å²) >= 11 is 0. The first-order valence-electron chi connectivity index (χ1n) is 10.8. The molecule has 0 spiro atoms. The Hall–Kier alpha value is -1.83. The van der Waals surface area contributed by atoms with Crippen LogP contribution in [0, 0.1) is 0 Å². The van der Waals surface area contributed by atoms with Crippen LogP contribution in [-0.4, -0.2) is 11.1 Å². The lowest BCUT2D eigenvalue weighted by atomic mass is 9.62. The third-order valence-corrected chi connectivity index (χ3v) is 7.28. The highest BCUT2D eigenvalue weighted by Crippen LogP contribution is 2.54. The van der Waals surface area contributed by atoms with Crippen LogP contribution in [0.25, 0.3) is 0 Å². The van der Waals surface area contributed by atoms with Crippen molar-refractivity contribution in [1.29, 1.82) is 0 Å². The van der Waals surface area contributed by atoms with Gasteiger partial charge in [-0.2, -0.15) is 0 Å². The number of hydrogen-bond donors (Lipinski definition) is 1. The Morgan fingerprint density at radius 2 is 1.64 bits per heavy atom. The van der Waals surface area contributed by atoms with E-state index in [1.165, 1.54) is 42.4 Å². The molecule has 1 aromatic rings. The van der Waals surface area contributed by atoms with Gasteiger partial charge in [-0.25, -0.2) is 4.79 Å². The summed E-state index contributed by atoms with van der Waals surface area (Å²) in [5, 5.41) is 9.31. The fraction of sp³-hybridized carbons (Fsp3) is 0.577. The smallest absolute Gasteiger partial charge is 0.331 e. The second-order valence-corrected chi connectivity index (χ2v) is 10.2. The molecule has 0 aromatic heterocycles. The molecule has 0 amide bonds. The molecule has 0 saturated heterocycles. The quantitative estimate of drug-likeness (QED) is 0.434. The monoisotopic (exact) mass is 380 g/mol. The predicted octanol–water partition coefficient (Wildman–Crippen LogP) is 6.82. The number of carbonyl (C=O) groups is 1. The molecule has 1 N–H and O–H groups in total. The van der Waals surface area contributed by atoms with Crippen LogP contribution in [0.3, 0.4) is 0 Å². The molecule has 2 nitrogen and oxygen atoms in total. The molecule has 0 radical (unpaired) electrons. The zero-order valence-corrected chi connectivity index (χ0v) is 18.5. The van der Waals surface area contributed by atoms with Crippen LogP contribution in [0.5, 0.6) is 0 Å². The van der Waals surface area contributed by atoms with Crippen LogP contribution in [-0.2, 0) is 21.0 Å². The Balaban J connectivity index is 1.86. The van der Waals surface area contributed by atoms with E-state index in [0.29, 0.717) is 12.0 Å². The van der Waals surface area contributed by atoms with Crippen molar-refractivity contribution in [2.24, 2.45) is 0 Å². The molecule has 0 heterocycles. The molecule has 3 rings (SSSR count). The van der Waals surface area contributed by atoms with Crippen molar-refractivity contribution in [3.8, 4) is 0 Å². The lowest BCUT2D eigenvalue weighted by Gasteiger charge is -2.42. The Morgan fingerprint density at radius 3 is 2.18 bits per heavy atom. The molecule has 0 bridgehead atoms. The van der Waals surface area contributed by atoms with Gasteiger partial charge >= 0.3 is 5.97 Å². The van der Waals surface area contributed by atoms with Gasteiger partial charge < -0.3 is 5.11 Å². The summed E-state index contributed by atoms with van der Waals surface area (Å²) in [6.45, 7) is 13.3. The molecule has 0 aliphatic heterocycles. The van der Waals surface area contributed by atoms with E-state index >= 15 is 0 Å². The van der Waals surface area contributed by atoms with Gasteiger partial charge in [0.15, 0.2) is 0 Å². The van der Waals surface area contributed by atoms with Gasteiger partial charge in [-0.05, 0) is 84.0 Å². The Bertz CT molecular complexity index is 832. The van der Waals surface area contributed by atoms with E-state index in [1.807, 2.05) is 19.9 Å². The number of rotatable bonds is 6. The highest BCUT2D eigenvalue weighted by atomic mass is 16.4. The fourth-order valence-electron chi connectivity index (χ4n) is 4.84. The van der Waals surface area contributed by atoms with E-state index in [-0.39, 0.29) is 16.2 Å². The average molecular weight is 381 g/mol. The number of carboxylic acid groups (broad SMARTS) is 1. The molecule has 2 aliphatic rings. The van der Waals surface area contributed by atoms with Crippen LogP contribution in [0.15, 0.2) is 41.5 Å². The SMILES string of the molecule is CCC(C(=O)O)=C(C)C=CCC1(c2ccc3c(c2)C(C)(C)CCC3(C)C)CC1. The third-order valence-electron chi connectivity index (χ3n) is 7.28. The van der Waals surface area contributed by atoms with Crippen LogP contribution in [0.1, 0.15) is 96.8 Å². The molecule has 28 heavy (non-hydrogen) atoms. The van der Waals surface area contributed by atoms with Gasteiger partial charge in [0.2, 0.25) is 0 Å². The first-order chi connectivity index (χ1) is 13.0. The summed E-state index contributed by atoms with van der Waals surface area (Å²) in [7, 11) is 0. The zero-order valence-electron chi connectivity index (χ0n) is 18.5. The topological polar surface area (TPSA) is 37.3 Å². The van der Waals surface area contributed by atoms with Crippen molar-refractivity contribution in [2.75, 3.05) is 0 Å². The maximum Gasteiger partial charge on any atom is 0.331 e. The van der Waals surface area contributed by atoms with Crippen molar-refractivity contribution >= 4 is 5.97 Å². The normalized spacial score (nSPS) is 22.5. The molecule has 2 aliphatic carbocycles. The standard InChI is InChI=1S/C26H36O2/c1-7-20(23(27)28)18(2)9-8-12-26(15-16-26)19-10-11-21-22(17-19)25(5,6)14-13-24(21,3)4/h8-11,17H,7,12-16H2,1-6H3,(H,27,28). The van der Waals surface area contributed by atoms with Gasteiger partial charge in [-0.15, -0.1) is 0 Å². The number of allylic oxidation sites excluding steroid dienone is 3. The maximum atomic E-state index is 11.3. The van der Waals surface area contributed by atoms with Crippen molar-refractivity contribution in [1.82, 2.24) is 0 Å². The largest absolute Gasteiger partial charge is 0.478 e. The average Bonchev–Trinajstić information content (AvgIpc) is 3.40. The molecule has 152 valence electrons. The molecule has 1 saturated carbocycles. The van der Waals surface area contributed by atoms with Crippen LogP contribution in [0.4, 0.5) is 0 Å². The second-order valence-electron chi connectivity index (χ2n) is 10.2. The Kier molecular flexibility index (Phi) is 5.38. The highest BCUT2D eigenvalue weighted by Gasteiger charge is 2.45. The summed E-state index contributed by atoms with van der Waals surface area (Å²) in [5.41, 5.74) is 6.66. The van der Waals surface area contributed by atoms with Gasteiger partial charge in [-0.1, -0.05) is 65.0 Å². The van der Waals surface area contributed by atoms with Crippen molar-refractivity contribution < 1.29 is 9.90 Å². The highest BCUT2D eigenvalue weighted by molar-refractivity contribution is 5.87. The van der Waals surface area contributed by atoms with Gasteiger partial charge in [0.05, 0.1) is 0 Å². The van der Waals surface area contributed by atoms with Crippen molar-refractivity contribution in [3.63, 3.8) is 0 Å². The first kappa shape index (κ1) is 20.9. The van der Waals surface area contributed by atoms with Crippen LogP contribution in [0.2, 0.25) is 0 Å². The minimum Gasteiger partial charge on any atom is -0.478 e. The van der Waals surface area contributed by atoms with Gasteiger partial charge in [0.1, 0.15) is 0 Å². The Morgan fingerprint density at radius 1 is 1.04 bits per heavy atom. The lowest BCUT2D eigenvalue weighted by molar-refractivity contribution is -0.132. The predicted molar refractivity (Wildman–Crippen MR) is 117 cm³/mol. The molecule has 0 atom stereocenters. The van der Waals surface area contributed by atoms with E-state index < -0.39 is 5.97 Å². The summed E-state index contributed by atoms with van der Waals surface area (Å²) in [6.07, 6.45) is 10.7. The summed E-state index contributed by atoms with van der Waals surface area (Å²) < 4.78 is 0. The first-order valence-corrected chi connectivity index (χ1v) is 10.8. The van der Waals surface area contributed by atoms with Crippen LogP contribution >= 0.6 is 0 Å². The van der Waals surface area contributed by atoms with E-state index in [4.69, 9.17) is 0 Å². The van der Waals surface area contributed by atoms with Crippen LogP contribution < -0.4 is 0 Å². The molecular weight excluding hydrogens is 344 g/mol. The third kappa shape index (κ3) is 3.83. The van der Waals surface area contributed by atoms with Crippen molar-refractivity contribution in [2.45, 2.75) is 96.3 Å². The van der Waals surface area contributed by atoms with Gasteiger partial charge in [0.25, 0.3) is 0 Å². The minimum atomic E-state index is -0.801. The van der Waals surface area contributed by atoms with E-state index in [0.717, 1.165) is 12.0 Å². The fourth-order valence-corrected chi connectivity index (χ4v) is 4.84. The summed E-state index contributed by atoms with van der Waals surface area (Å²) in [4.78, 5) is 11.3. The van der Waals surface area contributed by atoms with Gasteiger partial charge in [-0.3, -0.25) is 0 Å². The zero-order chi connectivity index (χ0) is 20.7. The molecular formula is C26H36O2. The Labute approximate surface area is 170 Å². The molecule has 2 heteroatoms. The summed E-state index contributed by atoms with van der Waals surface area (Å²) in [5.74, 6) is -0.801. The summed E-state index contributed by atoms with van der Waals surface area (Å²) in [6, 6.07) is 7.24. The van der Waals surface area contributed by atoms with E-state index in [1.54, 1.807) is 0 Å². The van der Waals surface area contributed by atoms with E-state index in [2.05, 4.69) is 52.0 Å². The lowest BCUT2D eigenvalue weighted by Crippen LogP contribution is -2.34. The number of fused-ring (bicyclic) bond motifs is 1. The number of carboxylic acids is 1. The minimum absolute atomic E-state index is 0.240.